The molecule has 6 heteroatoms. The molecule has 1 saturated heterocycles. The molecule has 0 aromatic heterocycles. The molecular weight excluding hydrogens is 307 g/mol. The van der Waals surface area contributed by atoms with E-state index in [-0.39, 0.29) is 6.61 Å². The SMILES string of the molecule is OC1CCOC(COc2ccc(Br)c(F)c2)C1O. The molecule has 2 rings (SSSR count). The van der Waals surface area contributed by atoms with Gasteiger partial charge in [-0.3, -0.25) is 0 Å². The number of ether oxygens (including phenoxy) is 2. The van der Waals surface area contributed by atoms with E-state index in [9.17, 15) is 14.6 Å². The van der Waals surface area contributed by atoms with Gasteiger partial charge in [0.2, 0.25) is 0 Å². The average molecular weight is 321 g/mol. The van der Waals surface area contributed by atoms with E-state index in [1.807, 2.05) is 0 Å². The standard InChI is InChI=1S/C12H14BrFO4/c13-8-2-1-7(5-9(8)14)18-6-11-12(16)10(15)3-4-17-11/h1-2,5,10-12,15-16H,3-4,6H2. The van der Waals surface area contributed by atoms with Gasteiger partial charge in [-0.1, -0.05) is 0 Å². The molecule has 1 aromatic carbocycles. The minimum atomic E-state index is -0.973. The van der Waals surface area contributed by atoms with Gasteiger partial charge in [0.1, 0.15) is 30.4 Å². The Kier molecular flexibility index (Phi) is 4.55. The quantitative estimate of drug-likeness (QED) is 0.885. The summed E-state index contributed by atoms with van der Waals surface area (Å²) in [5.74, 6) is -0.0655. The first-order chi connectivity index (χ1) is 8.58. The number of benzene rings is 1. The van der Waals surface area contributed by atoms with Gasteiger partial charge >= 0.3 is 0 Å². The van der Waals surface area contributed by atoms with Crippen LogP contribution in [0.15, 0.2) is 22.7 Å². The molecule has 1 aliphatic heterocycles. The summed E-state index contributed by atoms with van der Waals surface area (Å²) in [5, 5.41) is 19.2. The van der Waals surface area contributed by atoms with Crippen molar-refractivity contribution in [2.45, 2.75) is 24.7 Å². The second kappa shape index (κ2) is 5.97. The van der Waals surface area contributed by atoms with Crippen LogP contribution in [-0.4, -0.2) is 41.7 Å². The van der Waals surface area contributed by atoms with Crippen LogP contribution in [0.4, 0.5) is 4.39 Å². The molecule has 1 aromatic rings. The highest BCUT2D eigenvalue weighted by atomic mass is 79.9. The minimum Gasteiger partial charge on any atom is -0.491 e. The van der Waals surface area contributed by atoms with E-state index in [0.29, 0.717) is 23.2 Å². The molecule has 0 spiro atoms. The smallest absolute Gasteiger partial charge is 0.141 e. The number of aliphatic hydroxyl groups excluding tert-OH is 2. The lowest BCUT2D eigenvalue weighted by atomic mass is 10.0. The Morgan fingerprint density at radius 3 is 2.94 bits per heavy atom. The second-order valence-electron chi connectivity index (χ2n) is 4.14. The fourth-order valence-corrected chi connectivity index (χ4v) is 2.00. The van der Waals surface area contributed by atoms with Crippen molar-refractivity contribution >= 4 is 15.9 Å². The Bertz CT molecular complexity index is 415. The fraction of sp³-hybridized carbons (Fsp3) is 0.500. The van der Waals surface area contributed by atoms with Crippen LogP contribution in [-0.2, 0) is 4.74 Å². The third-order valence-corrected chi connectivity index (χ3v) is 3.47. The average Bonchev–Trinajstić information content (AvgIpc) is 2.35. The second-order valence-corrected chi connectivity index (χ2v) is 5.00. The first kappa shape index (κ1) is 13.7. The zero-order valence-corrected chi connectivity index (χ0v) is 11.1. The molecule has 0 aliphatic carbocycles. The maximum Gasteiger partial charge on any atom is 0.141 e. The van der Waals surface area contributed by atoms with Crippen LogP contribution in [0.1, 0.15) is 6.42 Å². The molecule has 18 heavy (non-hydrogen) atoms. The zero-order chi connectivity index (χ0) is 13.1. The van der Waals surface area contributed by atoms with Gasteiger partial charge in [-0.05, 0) is 34.5 Å². The van der Waals surface area contributed by atoms with Gasteiger partial charge in [0, 0.05) is 12.7 Å². The molecule has 0 radical (unpaired) electrons. The Balaban J connectivity index is 1.92. The monoisotopic (exact) mass is 320 g/mol. The predicted octanol–water partition coefficient (Wildman–Crippen LogP) is 1.48. The summed E-state index contributed by atoms with van der Waals surface area (Å²) in [6.45, 7) is 0.445. The van der Waals surface area contributed by atoms with Crippen molar-refractivity contribution in [3.05, 3.63) is 28.5 Å². The third kappa shape index (κ3) is 3.20. The molecule has 3 unspecified atom stereocenters. The molecule has 3 atom stereocenters. The van der Waals surface area contributed by atoms with E-state index in [0.717, 1.165) is 0 Å². The highest BCUT2D eigenvalue weighted by molar-refractivity contribution is 9.10. The molecule has 1 heterocycles. The van der Waals surface area contributed by atoms with Crippen molar-refractivity contribution < 1.29 is 24.1 Å². The van der Waals surface area contributed by atoms with Gasteiger partial charge in [0.15, 0.2) is 0 Å². The summed E-state index contributed by atoms with van der Waals surface area (Å²) in [6.07, 6.45) is -1.96. The van der Waals surface area contributed by atoms with Crippen LogP contribution in [0.2, 0.25) is 0 Å². The van der Waals surface area contributed by atoms with E-state index in [1.54, 1.807) is 6.07 Å². The number of hydrogen-bond donors (Lipinski definition) is 2. The van der Waals surface area contributed by atoms with Crippen LogP contribution >= 0.6 is 15.9 Å². The van der Waals surface area contributed by atoms with E-state index in [4.69, 9.17) is 9.47 Å². The molecule has 1 fully saturated rings. The summed E-state index contributed by atoms with van der Waals surface area (Å²) >= 11 is 3.05. The summed E-state index contributed by atoms with van der Waals surface area (Å²) in [5.41, 5.74) is 0. The zero-order valence-electron chi connectivity index (χ0n) is 9.55. The molecule has 100 valence electrons. The summed E-state index contributed by atoms with van der Waals surface area (Å²) in [7, 11) is 0. The molecule has 2 N–H and O–H groups in total. The van der Waals surface area contributed by atoms with Crippen LogP contribution in [0, 0.1) is 5.82 Å². The van der Waals surface area contributed by atoms with Gasteiger partial charge in [-0.25, -0.2) is 4.39 Å². The Morgan fingerprint density at radius 1 is 1.44 bits per heavy atom. The lowest BCUT2D eigenvalue weighted by Gasteiger charge is -2.31. The number of aliphatic hydroxyl groups is 2. The minimum absolute atomic E-state index is 0.0687. The lowest BCUT2D eigenvalue weighted by Crippen LogP contribution is -2.47. The summed E-state index contributed by atoms with van der Waals surface area (Å²) in [4.78, 5) is 0. The van der Waals surface area contributed by atoms with Crippen LogP contribution < -0.4 is 4.74 Å². The van der Waals surface area contributed by atoms with Crippen molar-refractivity contribution in [3.8, 4) is 5.75 Å². The maximum atomic E-state index is 13.2. The van der Waals surface area contributed by atoms with Crippen molar-refractivity contribution in [1.29, 1.82) is 0 Å². The fourth-order valence-electron chi connectivity index (χ4n) is 1.75. The van der Waals surface area contributed by atoms with E-state index >= 15 is 0 Å². The van der Waals surface area contributed by atoms with Gasteiger partial charge in [0.05, 0.1) is 10.6 Å². The van der Waals surface area contributed by atoms with Crippen LogP contribution in [0.3, 0.4) is 0 Å². The molecule has 1 aliphatic rings. The summed E-state index contributed by atoms with van der Waals surface area (Å²) < 4.78 is 24.2. The van der Waals surface area contributed by atoms with Crippen molar-refractivity contribution in [3.63, 3.8) is 0 Å². The first-order valence-electron chi connectivity index (χ1n) is 5.63. The number of rotatable bonds is 3. The van der Waals surface area contributed by atoms with Crippen molar-refractivity contribution in [2.75, 3.05) is 13.2 Å². The Hall–Kier alpha value is -0.690. The van der Waals surface area contributed by atoms with Gasteiger partial charge in [0.25, 0.3) is 0 Å². The number of halogens is 2. The lowest BCUT2D eigenvalue weighted by molar-refractivity contribution is -0.144. The van der Waals surface area contributed by atoms with Crippen molar-refractivity contribution in [1.82, 2.24) is 0 Å². The largest absolute Gasteiger partial charge is 0.491 e. The molecule has 4 nitrogen and oxygen atoms in total. The summed E-state index contributed by atoms with van der Waals surface area (Å²) in [6, 6.07) is 4.40. The van der Waals surface area contributed by atoms with Crippen molar-refractivity contribution in [2.24, 2.45) is 0 Å². The van der Waals surface area contributed by atoms with Crippen LogP contribution in [0.25, 0.3) is 0 Å². The molecule has 0 bridgehead atoms. The predicted molar refractivity (Wildman–Crippen MR) is 66.0 cm³/mol. The topological polar surface area (TPSA) is 58.9 Å². The van der Waals surface area contributed by atoms with Gasteiger partial charge in [-0.2, -0.15) is 0 Å². The van der Waals surface area contributed by atoms with Gasteiger partial charge in [-0.15, -0.1) is 0 Å². The normalized spacial score (nSPS) is 28.1. The number of hydrogen-bond acceptors (Lipinski definition) is 4. The Morgan fingerprint density at radius 2 is 2.22 bits per heavy atom. The molecule has 0 saturated carbocycles. The van der Waals surface area contributed by atoms with E-state index < -0.39 is 24.1 Å². The Labute approximate surface area is 112 Å². The molecule has 0 amide bonds. The highest BCUT2D eigenvalue weighted by Crippen LogP contribution is 2.22. The first-order valence-corrected chi connectivity index (χ1v) is 6.43. The molecular formula is C12H14BrFO4. The van der Waals surface area contributed by atoms with E-state index in [2.05, 4.69) is 15.9 Å². The van der Waals surface area contributed by atoms with Crippen LogP contribution in [0.5, 0.6) is 5.75 Å². The third-order valence-electron chi connectivity index (χ3n) is 2.83. The maximum absolute atomic E-state index is 13.2. The van der Waals surface area contributed by atoms with E-state index in [1.165, 1.54) is 12.1 Å². The highest BCUT2D eigenvalue weighted by Gasteiger charge is 2.31. The van der Waals surface area contributed by atoms with Gasteiger partial charge < -0.3 is 19.7 Å².